The van der Waals surface area contributed by atoms with E-state index in [4.69, 9.17) is 11.6 Å². The van der Waals surface area contributed by atoms with E-state index in [1.165, 1.54) is 6.07 Å². The quantitative estimate of drug-likeness (QED) is 0.662. The van der Waals surface area contributed by atoms with E-state index in [1.54, 1.807) is 13.0 Å². The first kappa shape index (κ1) is 14.6. The van der Waals surface area contributed by atoms with Gasteiger partial charge in [0.2, 0.25) is 0 Å². The maximum absolute atomic E-state index is 13.8. The molecule has 5 heteroatoms. The predicted molar refractivity (Wildman–Crippen MR) is 71.1 cm³/mol. The van der Waals surface area contributed by atoms with E-state index in [9.17, 15) is 9.18 Å². The molecule has 1 unspecified atom stereocenters. The van der Waals surface area contributed by atoms with E-state index in [2.05, 4.69) is 21.2 Å². The third-order valence-electron chi connectivity index (χ3n) is 2.45. The zero-order chi connectivity index (χ0) is 13.0. The summed E-state index contributed by atoms with van der Waals surface area (Å²) in [6.07, 6.45) is 0. The first-order valence-corrected chi connectivity index (χ1v) is 6.54. The third kappa shape index (κ3) is 3.50. The lowest BCUT2D eigenvalue weighted by molar-refractivity contribution is 0.0925. The second-order valence-corrected chi connectivity index (χ2v) is 5.03. The molecule has 1 aromatic rings. The molecular formula is C12H14BrClFNO. The van der Waals surface area contributed by atoms with Gasteiger partial charge in [-0.15, -0.1) is 0 Å². The molecule has 0 fully saturated rings. The number of benzene rings is 1. The number of halogens is 3. The minimum Gasteiger partial charge on any atom is -0.316 e. The summed E-state index contributed by atoms with van der Waals surface area (Å²) < 4.78 is 14.2. The van der Waals surface area contributed by atoms with Gasteiger partial charge in [0.25, 0.3) is 0 Å². The topological polar surface area (TPSA) is 29.1 Å². The van der Waals surface area contributed by atoms with Gasteiger partial charge in [0.1, 0.15) is 0 Å². The van der Waals surface area contributed by atoms with Crippen molar-refractivity contribution in [2.75, 3.05) is 13.1 Å². The molecule has 0 amide bonds. The fraction of sp³-hybridized carbons (Fsp3) is 0.417. The minimum atomic E-state index is -0.658. The van der Waals surface area contributed by atoms with E-state index < -0.39 is 5.82 Å². The molecule has 0 aliphatic carbocycles. The summed E-state index contributed by atoms with van der Waals surface area (Å²) in [4.78, 5) is 12.0. The monoisotopic (exact) mass is 321 g/mol. The summed E-state index contributed by atoms with van der Waals surface area (Å²) in [5.41, 5.74) is 0.0450. The Morgan fingerprint density at radius 1 is 1.59 bits per heavy atom. The Bertz CT molecular complexity index is 425. The van der Waals surface area contributed by atoms with Crippen LogP contribution in [0.1, 0.15) is 24.2 Å². The molecule has 0 aromatic heterocycles. The van der Waals surface area contributed by atoms with Crippen molar-refractivity contribution >= 4 is 33.3 Å². The van der Waals surface area contributed by atoms with Crippen LogP contribution in [0.15, 0.2) is 16.6 Å². The number of hydrogen-bond donors (Lipinski definition) is 1. The first-order valence-electron chi connectivity index (χ1n) is 5.37. The summed E-state index contributed by atoms with van der Waals surface area (Å²) in [7, 11) is 0. The highest BCUT2D eigenvalue weighted by Gasteiger charge is 2.20. The Labute approximate surface area is 114 Å². The normalized spacial score (nSPS) is 12.5. The molecule has 0 saturated heterocycles. The lowest BCUT2D eigenvalue weighted by atomic mass is 9.99. The molecule has 1 N–H and O–H groups in total. The molecule has 1 atom stereocenters. The molecule has 94 valence electrons. The van der Waals surface area contributed by atoms with Crippen LogP contribution in [-0.4, -0.2) is 18.9 Å². The summed E-state index contributed by atoms with van der Waals surface area (Å²) in [6, 6.07) is 3.04. The SMILES string of the molecule is CCNCC(C)C(=O)c1ccc(Br)c(Cl)c1F. The highest BCUT2D eigenvalue weighted by atomic mass is 79.9. The van der Waals surface area contributed by atoms with Crippen molar-refractivity contribution in [2.24, 2.45) is 5.92 Å². The van der Waals surface area contributed by atoms with E-state index in [0.29, 0.717) is 11.0 Å². The van der Waals surface area contributed by atoms with Crippen molar-refractivity contribution in [2.45, 2.75) is 13.8 Å². The van der Waals surface area contributed by atoms with E-state index in [-0.39, 0.29) is 22.3 Å². The zero-order valence-corrected chi connectivity index (χ0v) is 12.0. The van der Waals surface area contributed by atoms with Crippen molar-refractivity contribution in [3.63, 3.8) is 0 Å². The smallest absolute Gasteiger partial charge is 0.169 e. The van der Waals surface area contributed by atoms with E-state index in [0.717, 1.165) is 6.54 Å². The van der Waals surface area contributed by atoms with Crippen molar-refractivity contribution < 1.29 is 9.18 Å². The van der Waals surface area contributed by atoms with Crippen molar-refractivity contribution in [3.05, 3.63) is 33.0 Å². The average Bonchev–Trinajstić information content (AvgIpc) is 2.32. The molecular weight excluding hydrogens is 308 g/mol. The molecule has 0 heterocycles. The van der Waals surface area contributed by atoms with Crippen LogP contribution >= 0.6 is 27.5 Å². The van der Waals surface area contributed by atoms with Gasteiger partial charge in [-0.2, -0.15) is 0 Å². The van der Waals surface area contributed by atoms with Crippen LogP contribution in [0.2, 0.25) is 5.02 Å². The molecule has 0 bridgehead atoms. The number of hydrogen-bond acceptors (Lipinski definition) is 2. The third-order valence-corrected chi connectivity index (χ3v) is 3.71. The highest BCUT2D eigenvalue weighted by molar-refractivity contribution is 9.10. The van der Waals surface area contributed by atoms with E-state index >= 15 is 0 Å². The molecule has 2 nitrogen and oxygen atoms in total. The van der Waals surface area contributed by atoms with Crippen LogP contribution in [0.4, 0.5) is 4.39 Å². The van der Waals surface area contributed by atoms with Crippen LogP contribution in [-0.2, 0) is 0 Å². The Balaban J connectivity index is 2.93. The number of carbonyl (C=O) groups excluding carboxylic acids is 1. The molecule has 1 rings (SSSR count). The van der Waals surface area contributed by atoms with Crippen molar-refractivity contribution in [1.82, 2.24) is 5.32 Å². The second kappa shape index (κ2) is 6.47. The Hall–Kier alpha value is -0.450. The van der Waals surface area contributed by atoms with Crippen LogP contribution in [0.25, 0.3) is 0 Å². The van der Waals surface area contributed by atoms with Gasteiger partial charge in [-0.25, -0.2) is 4.39 Å². The maximum atomic E-state index is 13.8. The molecule has 0 saturated carbocycles. The van der Waals surface area contributed by atoms with Gasteiger partial charge in [0.15, 0.2) is 11.6 Å². The summed E-state index contributed by atoms with van der Waals surface area (Å²) >= 11 is 8.86. The highest BCUT2D eigenvalue weighted by Crippen LogP contribution is 2.28. The molecule has 17 heavy (non-hydrogen) atoms. The van der Waals surface area contributed by atoms with Gasteiger partial charge < -0.3 is 5.32 Å². The average molecular weight is 323 g/mol. The van der Waals surface area contributed by atoms with Crippen LogP contribution in [0.5, 0.6) is 0 Å². The molecule has 0 radical (unpaired) electrons. The molecule has 0 aliphatic heterocycles. The van der Waals surface area contributed by atoms with Gasteiger partial charge in [-0.3, -0.25) is 4.79 Å². The number of ketones is 1. The maximum Gasteiger partial charge on any atom is 0.169 e. The Kier molecular flexibility index (Phi) is 5.56. The molecule has 0 aliphatic rings. The van der Waals surface area contributed by atoms with Gasteiger partial charge in [0, 0.05) is 16.9 Å². The van der Waals surface area contributed by atoms with Gasteiger partial charge in [0.05, 0.1) is 10.6 Å². The summed E-state index contributed by atoms with van der Waals surface area (Å²) in [6.45, 7) is 5.03. The fourth-order valence-corrected chi connectivity index (χ4v) is 1.91. The Morgan fingerprint density at radius 3 is 2.82 bits per heavy atom. The van der Waals surface area contributed by atoms with Gasteiger partial charge in [-0.1, -0.05) is 25.4 Å². The Morgan fingerprint density at radius 2 is 2.24 bits per heavy atom. The standard InChI is InChI=1S/C12H14BrClFNO/c1-3-16-6-7(2)12(17)8-4-5-9(13)10(14)11(8)15/h4-5,7,16H,3,6H2,1-2H3. The second-order valence-electron chi connectivity index (χ2n) is 3.80. The summed E-state index contributed by atoms with van der Waals surface area (Å²) in [5, 5.41) is 3.01. The number of Topliss-reactive ketones (excluding diaryl/α,β-unsaturated/α-hetero) is 1. The predicted octanol–water partition coefficient (Wildman–Crippen LogP) is 3.67. The number of rotatable bonds is 5. The van der Waals surface area contributed by atoms with Gasteiger partial charge in [-0.05, 0) is 34.6 Å². The van der Waals surface area contributed by atoms with Crippen LogP contribution in [0, 0.1) is 11.7 Å². The summed E-state index contributed by atoms with van der Waals surface area (Å²) in [5.74, 6) is -1.17. The largest absolute Gasteiger partial charge is 0.316 e. The van der Waals surface area contributed by atoms with E-state index in [1.807, 2.05) is 6.92 Å². The fourth-order valence-electron chi connectivity index (χ4n) is 1.44. The molecule has 0 spiro atoms. The lowest BCUT2D eigenvalue weighted by Crippen LogP contribution is -2.26. The minimum absolute atomic E-state index is 0.0450. The van der Waals surface area contributed by atoms with Crippen LogP contribution in [0.3, 0.4) is 0 Å². The molecule has 1 aromatic carbocycles. The number of nitrogens with one attached hydrogen (secondary N) is 1. The number of carbonyl (C=O) groups is 1. The van der Waals surface area contributed by atoms with Gasteiger partial charge >= 0.3 is 0 Å². The van der Waals surface area contributed by atoms with Crippen molar-refractivity contribution in [1.29, 1.82) is 0 Å². The van der Waals surface area contributed by atoms with Crippen LogP contribution < -0.4 is 5.32 Å². The lowest BCUT2D eigenvalue weighted by Gasteiger charge is -2.12. The first-order chi connectivity index (χ1) is 7.99. The van der Waals surface area contributed by atoms with Crippen molar-refractivity contribution in [3.8, 4) is 0 Å². The zero-order valence-electron chi connectivity index (χ0n) is 9.69.